The Morgan fingerprint density at radius 3 is 2.57 bits per heavy atom. The fraction of sp³-hybridized carbons (Fsp3) is 0.182. The number of anilines is 1. The molecular formula is C22H21N3O3. The summed E-state index contributed by atoms with van der Waals surface area (Å²) in [5, 5.41) is 4.42. The molecule has 0 bridgehead atoms. The van der Waals surface area contributed by atoms with Gasteiger partial charge in [0, 0.05) is 11.9 Å². The largest absolute Gasteiger partial charge is 0.493 e. The normalized spacial score (nSPS) is 10.8. The molecule has 4 aromatic rings. The van der Waals surface area contributed by atoms with Crippen molar-refractivity contribution in [1.82, 2.24) is 9.97 Å². The molecule has 2 aromatic carbocycles. The zero-order chi connectivity index (χ0) is 19.3. The lowest BCUT2D eigenvalue weighted by atomic mass is 10.1. The molecule has 1 N–H and O–H groups in total. The highest BCUT2D eigenvalue weighted by Gasteiger charge is 2.11. The number of methoxy groups -OCH3 is 2. The Morgan fingerprint density at radius 1 is 0.929 bits per heavy atom. The summed E-state index contributed by atoms with van der Waals surface area (Å²) in [6.45, 7) is 0.716. The predicted octanol–water partition coefficient (Wildman–Crippen LogP) is 4.56. The third kappa shape index (κ3) is 3.62. The van der Waals surface area contributed by atoms with E-state index in [1.807, 2.05) is 54.6 Å². The first-order chi connectivity index (χ1) is 13.8. The van der Waals surface area contributed by atoms with E-state index in [0.29, 0.717) is 18.1 Å². The van der Waals surface area contributed by atoms with Gasteiger partial charge in [0.1, 0.15) is 5.82 Å². The number of benzene rings is 2. The van der Waals surface area contributed by atoms with Crippen molar-refractivity contribution in [3.05, 3.63) is 66.4 Å². The first-order valence-corrected chi connectivity index (χ1v) is 9.04. The molecule has 2 heterocycles. The molecule has 0 aliphatic heterocycles. The molecule has 0 aliphatic rings. The molecule has 0 amide bonds. The summed E-state index contributed by atoms with van der Waals surface area (Å²) in [7, 11) is 3.28. The van der Waals surface area contributed by atoms with Crippen LogP contribution in [0, 0.1) is 0 Å². The van der Waals surface area contributed by atoms with Crippen LogP contribution in [-0.4, -0.2) is 30.7 Å². The first kappa shape index (κ1) is 17.9. The van der Waals surface area contributed by atoms with Crippen LogP contribution in [0.2, 0.25) is 0 Å². The zero-order valence-electron chi connectivity index (χ0n) is 15.8. The number of hydrogen-bond acceptors (Lipinski definition) is 6. The number of furan rings is 1. The minimum absolute atomic E-state index is 0.567. The van der Waals surface area contributed by atoms with Gasteiger partial charge in [-0.15, -0.1) is 0 Å². The molecule has 0 saturated heterocycles. The Kier molecular flexibility index (Phi) is 5.10. The van der Waals surface area contributed by atoms with Crippen molar-refractivity contribution < 1.29 is 13.9 Å². The number of rotatable bonds is 7. The predicted molar refractivity (Wildman–Crippen MR) is 109 cm³/mol. The zero-order valence-corrected chi connectivity index (χ0v) is 15.8. The van der Waals surface area contributed by atoms with E-state index in [1.54, 1.807) is 20.5 Å². The van der Waals surface area contributed by atoms with E-state index in [1.165, 1.54) is 0 Å². The van der Waals surface area contributed by atoms with Crippen LogP contribution in [0.1, 0.15) is 5.56 Å². The van der Waals surface area contributed by atoms with Crippen LogP contribution >= 0.6 is 0 Å². The van der Waals surface area contributed by atoms with Gasteiger partial charge in [0.05, 0.1) is 26.0 Å². The summed E-state index contributed by atoms with van der Waals surface area (Å²) in [5.74, 6) is 3.46. The van der Waals surface area contributed by atoms with Crippen LogP contribution in [0.25, 0.3) is 22.5 Å². The molecule has 6 heteroatoms. The van der Waals surface area contributed by atoms with Gasteiger partial charge in [-0.2, -0.15) is 0 Å². The van der Waals surface area contributed by atoms with Crippen LogP contribution < -0.4 is 14.8 Å². The highest BCUT2D eigenvalue weighted by atomic mass is 16.5. The van der Waals surface area contributed by atoms with E-state index in [0.717, 1.165) is 40.2 Å². The SMILES string of the molecule is COc1ccc(CCNc2nc(-c3ccco3)nc3ccccc23)cc1OC. The number of aromatic nitrogens is 2. The van der Waals surface area contributed by atoms with Crippen LogP contribution in [0.15, 0.2) is 65.3 Å². The number of hydrogen-bond donors (Lipinski definition) is 1. The highest BCUT2D eigenvalue weighted by molar-refractivity contribution is 5.90. The van der Waals surface area contributed by atoms with Crippen LogP contribution in [0.3, 0.4) is 0 Å². The third-order valence-electron chi connectivity index (χ3n) is 4.50. The Hall–Kier alpha value is -3.54. The molecule has 0 aliphatic carbocycles. The van der Waals surface area contributed by atoms with E-state index in [4.69, 9.17) is 13.9 Å². The van der Waals surface area contributed by atoms with Gasteiger partial charge in [0.2, 0.25) is 0 Å². The van der Waals surface area contributed by atoms with E-state index in [2.05, 4.69) is 15.3 Å². The maximum Gasteiger partial charge on any atom is 0.198 e. The molecule has 2 aromatic heterocycles. The fourth-order valence-corrected chi connectivity index (χ4v) is 3.09. The molecule has 0 saturated carbocycles. The number of nitrogens with zero attached hydrogens (tertiary/aromatic N) is 2. The summed E-state index contributed by atoms with van der Waals surface area (Å²) in [4.78, 5) is 9.29. The van der Waals surface area contributed by atoms with Gasteiger partial charge >= 0.3 is 0 Å². The van der Waals surface area contributed by atoms with Gasteiger partial charge in [-0.1, -0.05) is 18.2 Å². The minimum atomic E-state index is 0.567. The summed E-state index contributed by atoms with van der Waals surface area (Å²) < 4.78 is 16.1. The van der Waals surface area contributed by atoms with Crippen molar-refractivity contribution >= 4 is 16.7 Å². The monoisotopic (exact) mass is 375 g/mol. The molecule has 6 nitrogen and oxygen atoms in total. The molecule has 28 heavy (non-hydrogen) atoms. The molecule has 142 valence electrons. The van der Waals surface area contributed by atoms with Crippen molar-refractivity contribution in [3.63, 3.8) is 0 Å². The van der Waals surface area contributed by atoms with Crippen molar-refractivity contribution in [1.29, 1.82) is 0 Å². The summed E-state index contributed by atoms with van der Waals surface area (Å²) in [6.07, 6.45) is 2.44. The molecule has 0 atom stereocenters. The lowest BCUT2D eigenvalue weighted by molar-refractivity contribution is 0.354. The van der Waals surface area contributed by atoms with E-state index >= 15 is 0 Å². The van der Waals surface area contributed by atoms with Crippen molar-refractivity contribution in [2.45, 2.75) is 6.42 Å². The molecule has 4 rings (SSSR count). The Bertz CT molecular complexity index is 1080. The molecule has 0 radical (unpaired) electrons. The highest BCUT2D eigenvalue weighted by Crippen LogP contribution is 2.28. The first-order valence-electron chi connectivity index (χ1n) is 9.04. The van der Waals surface area contributed by atoms with Crippen molar-refractivity contribution in [2.24, 2.45) is 0 Å². The standard InChI is InChI=1S/C22H21N3O3/c1-26-18-10-9-15(14-20(18)27-2)11-12-23-21-16-6-3-4-7-17(16)24-22(25-21)19-8-5-13-28-19/h3-10,13-14H,11-12H2,1-2H3,(H,23,24,25). The smallest absolute Gasteiger partial charge is 0.198 e. The van der Waals surface area contributed by atoms with Crippen LogP contribution in [0.4, 0.5) is 5.82 Å². The Morgan fingerprint density at radius 2 is 1.79 bits per heavy atom. The lowest BCUT2D eigenvalue weighted by Gasteiger charge is -2.12. The van der Waals surface area contributed by atoms with Gasteiger partial charge in [-0.05, 0) is 48.4 Å². The van der Waals surface area contributed by atoms with Crippen molar-refractivity contribution in [3.8, 4) is 23.1 Å². The Balaban J connectivity index is 1.56. The van der Waals surface area contributed by atoms with Crippen LogP contribution in [0.5, 0.6) is 11.5 Å². The molecule has 0 unspecified atom stereocenters. The number of fused-ring (bicyclic) bond motifs is 1. The maximum atomic E-state index is 5.47. The minimum Gasteiger partial charge on any atom is -0.493 e. The van der Waals surface area contributed by atoms with Gasteiger partial charge in [-0.25, -0.2) is 9.97 Å². The number of nitrogens with one attached hydrogen (secondary N) is 1. The van der Waals surface area contributed by atoms with E-state index in [-0.39, 0.29) is 0 Å². The number of ether oxygens (including phenoxy) is 2. The summed E-state index contributed by atoms with van der Waals surface area (Å²) >= 11 is 0. The third-order valence-corrected chi connectivity index (χ3v) is 4.50. The summed E-state index contributed by atoms with van der Waals surface area (Å²) in [5.41, 5.74) is 2.02. The van der Waals surface area contributed by atoms with Crippen LogP contribution in [-0.2, 0) is 6.42 Å². The second kappa shape index (κ2) is 8.00. The molecule has 0 fully saturated rings. The van der Waals surface area contributed by atoms with E-state index in [9.17, 15) is 0 Å². The topological polar surface area (TPSA) is 69.4 Å². The van der Waals surface area contributed by atoms with Crippen molar-refractivity contribution in [2.75, 3.05) is 26.1 Å². The summed E-state index contributed by atoms with van der Waals surface area (Å²) in [6, 6.07) is 17.6. The van der Waals surface area contributed by atoms with Gasteiger partial charge in [-0.3, -0.25) is 0 Å². The Labute approximate surface area is 163 Å². The van der Waals surface area contributed by atoms with Gasteiger partial charge in [0.25, 0.3) is 0 Å². The average molecular weight is 375 g/mol. The second-order valence-electron chi connectivity index (χ2n) is 6.26. The quantitative estimate of drug-likeness (QED) is 0.511. The average Bonchev–Trinajstić information content (AvgIpc) is 3.28. The molecule has 0 spiro atoms. The molecular weight excluding hydrogens is 354 g/mol. The van der Waals surface area contributed by atoms with E-state index < -0.39 is 0 Å². The number of para-hydroxylation sites is 1. The van der Waals surface area contributed by atoms with Gasteiger partial charge < -0.3 is 19.2 Å². The maximum absolute atomic E-state index is 5.47. The lowest BCUT2D eigenvalue weighted by Crippen LogP contribution is -2.08. The second-order valence-corrected chi connectivity index (χ2v) is 6.26. The fourth-order valence-electron chi connectivity index (χ4n) is 3.09. The van der Waals surface area contributed by atoms with Gasteiger partial charge in [0.15, 0.2) is 23.1 Å².